The van der Waals surface area contributed by atoms with Gasteiger partial charge in [-0.25, -0.2) is 0 Å². The molecule has 2 heteroatoms. The first-order valence-electron chi connectivity index (χ1n) is 4.60. The van der Waals surface area contributed by atoms with Gasteiger partial charge in [0.15, 0.2) is 0 Å². The van der Waals surface area contributed by atoms with Crippen LogP contribution in [0.4, 0.5) is 5.69 Å². The van der Waals surface area contributed by atoms with E-state index in [1.54, 1.807) is 7.05 Å². The lowest BCUT2D eigenvalue weighted by Crippen LogP contribution is -1.76. The van der Waals surface area contributed by atoms with Crippen LogP contribution in [-0.4, -0.2) is 7.05 Å². The van der Waals surface area contributed by atoms with Crippen LogP contribution in [-0.2, 0) is 0 Å². The van der Waals surface area contributed by atoms with E-state index in [4.69, 9.17) is 0 Å². The highest BCUT2D eigenvalue weighted by molar-refractivity contribution is 5.87. The highest BCUT2D eigenvalue weighted by Crippen LogP contribution is 2.23. The Labute approximate surface area is 83.3 Å². The fourth-order valence-corrected chi connectivity index (χ4v) is 1.59. The lowest BCUT2D eigenvalue weighted by Gasteiger charge is -2.01. The summed E-state index contributed by atoms with van der Waals surface area (Å²) in [5.74, 6) is 0. The van der Waals surface area contributed by atoms with Crippen LogP contribution in [0.3, 0.4) is 0 Å². The lowest BCUT2D eigenvalue weighted by atomic mass is 10.1. The van der Waals surface area contributed by atoms with Gasteiger partial charge < -0.3 is 0 Å². The molecule has 2 aromatic rings. The molecule has 0 aliphatic rings. The Morgan fingerprint density at radius 1 is 1.07 bits per heavy atom. The van der Waals surface area contributed by atoms with Crippen molar-refractivity contribution in [3.8, 4) is 0 Å². The SMILES string of the molecule is CN=Nc1ccc2cccc(C)c2c1. The molecule has 0 N–H and O–H groups in total. The molecular weight excluding hydrogens is 172 g/mol. The van der Waals surface area contributed by atoms with Gasteiger partial charge in [-0.3, -0.25) is 0 Å². The van der Waals surface area contributed by atoms with Crippen LogP contribution in [0.2, 0.25) is 0 Å². The molecule has 14 heavy (non-hydrogen) atoms. The number of aryl methyl sites for hydroxylation is 1. The van der Waals surface area contributed by atoms with Gasteiger partial charge in [0.05, 0.1) is 5.69 Å². The topological polar surface area (TPSA) is 24.7 Å². The molecule has 0 aliphatic heterocycles. The van der Waals surface area contributed by atoms with E-state index in [0.717, 1.165) is 5.69 Å². The first-order valence-corrected chi connectivity index (χ1v) is 4.60. The van der Waals surface area contributed by atoms with Crippen molar-refractivity contribution in [2.75, 3.05) is 7.05 Å². The summed E-state index contributed by atoms with van der Waals surface area (Å²) in [5.41, 5.74) is 2.19. The van der Waals surface area contributed by atoms with Gasteiger partial charge in [0.25, 0.3) is 0 Å². The van der Waals surface area contributed by atoms with E-state index in [0.29, 0.717) is 0 Å². The normalized spacial score (nSPS) is 11.3. The first kappa shape index (κ1) is 8.88. The molecule has 0 saturated heterocycles. The summed E-state index contributed by atoms with van der Waals surface area (Å²) in [4.78, 5) is 0. The van der Waals surface area contributed by atoms with Gasteiger partial charge in [0.2, 0.25) is 0 Å². The smallest absolute Gasteiger partial charge is 0.0858 e. The third-order valence-corrected chi connectivity index (χ3v) is 2.30. The minimum absolute atomic E-state index is 0.911. The zero-order valence-corrected chi connectivity index (χ0v) is 8.36. The zero-order chi connectivity index (χ0) is 9.97. The summed E-state index contributed by atoms with van der Waals surface area (Å²) in [6.45, 7) is 2.11. The highest BCUT2D eigenvalue weighted by Gasteiger charge is 1.97. The third kappa shape index (κ3) is 1.51. The number of fused-ring (bicyclic) bond motifs is 1. The lowest BCUT2D eigenvalue weighted by molar-refractivity contribution is 1.17. The van der Waals surface area contributed by atoms with Gasteiger partial charge in [-0.1, -0.05) is 24.3 Å². The Morgan fingerprint density at radius 2 is 1.93 bits per heavy atom. The molecule has 0 aliphatic carbocycles. The summed E-state index contributed by atoms with van der Waals surface area (Å²) >= 11 is 0. The average Bonchev–Trinajstić information content (AvgIpc) is 2.20. The first-order chi connectivity index (χ1) is 6.81. The molecule has 0 amide bonds. The van der Waals surface area contributed by atoms with E-state index in [1.807, 2.05) is 6.07 Å². The van der Waals surface area contributed by atoms with Gasteiger partial charge in [0, 0.05) is 7.05 Å². The van der Waals surface area contributed by atoms with E-state index in [9.17, 15) is 0 Å². The predicted molar refractivity (Wildman–Crippen MR) is 59.1 cm³/mol. The standard InChI is InChI=1S/C12H12N2/c1-9-4-3-5-10-6-7-11(14-13-2)8-12(9)10/h3-8H,1-2H3. The largest absolute Gasteiger partial charge is 0.192 e. The average molecular weight is 184 g/mol. The number of hydrogen-bond acceptors (Lipinski definition) is 2. The Kier molecular flexibility index (Phi) is 2.27. The molecule has 0 radical (unpaired) electrons. The fraction of sp³-hybridized carbons (Fsp3) is 0.167. The van der Waals surface area contributed by atoms with Gasteiger partial charge in [-0.2, -0.15) is 10.2 Å². The number of hydrogen-bond donors (Lipinski definition) is 0. The van der Waals surface area contributed by atoms with E-state index < -0.39 is 0 Å². The van der Waals surface area contributed by atoms with Crippen LogP contribution in [0, 0.1) is 6.92 Å². The molecule has 0 bridgehead atoms. The minimum atomic E-state index is 0.911. The van der Waals surface area contributed by atoms with Crippen molar-refractivity contribution in [1.29, 1.82) is 0 Å². The summed E-state index contributed by atoms with van der Waals surface area (Å²) < 4.78 is 0. The summed E-state index contributed by atoms with van der Waals surface area (Å²) in [6, 6.07) is 12.4. The second kappa shape index (κ2) is 3.58. The van der Waals surface area contributed by atoms with Gasteiger partial charge in [0.1, 0.15) is 0 Å². The molecule has 70 valence electrons. The Bertz CT molecular complexity index is 487. The van der Waals surface area contributed by atoms with E-state index in [-0.39, 0.29) is 0 Å². The molecule has 0 aromatic heterocycles. The molecule has 0 unspecified atom stereocenters. The molecule has 2 aromatic carbocycles. The summed E-state index contributed by atoms with van der Waals surface area (Å²) in [6.07, 6.45) is 0. The minimum Gasteiger partial charge on any atom is -0.192 e. The molecule has 2 nitrogen and oxygen atoms in total. The van der Waals surface area contributed by atoms with Gasteiger partial charge in [-0.15, -0.1) is 0 Å². The Balaban J connectivity index is 2.69. The van der Waals surface area contributed by atoms with Crippen molar-refractivity contribution in [3.05, 3.63) is 42.0 Å². The maximum Gasteiger partial charge on any atom is 0.0858 e. The molecule has 0 fully saturated rings. The van der Waals surface area contributed by atoms with Crippen LogP contribution in [0.5, 0.6) is 0 Å². The van der Waals surface area contributed by atoms with Crippen molar-refractivity contribution in [2.24, 2.45) is 10.2 Å². The van der Waals surface area contributed by atoms with Crippen molar-refractivity contribution in [2.45, 2.75) is 6.92 Å². The molecular formula is C12H12N2. The highest BCUT2D eigenvalue weighted by atomic mass is 15.1. The molecule has 0 spiro atoms. The maximum absolute atomic E-state index is 4.02. The van der Waals surface area contributed by atoms with Crippen molar-refractivity contribution < 1.29 is 0 Å². The number of nitrogens with zero attached hydrogens (tertiary/aromatic N) is 2. The second-order valence-corrected chi connectivity index (χ2v) is 3.28. The van der Waals surface area contributed by atoms with Crippen LogP contribution < -0.4 is 0 Å². The summed E-state index contributed by atoms with van der Waals surface area (Å²) in [5, 5.41) is 10.3. The molecule has 0 heterocycles. The van der Waals surface area contributed by atoms with Crippen LogP contribution in [0.25, 0.3) is 10.8 Å². The van der Waals surface area contributed by atoms with Crippen molar-refractivity contribution >= 4 is 16.5 Å². The molecule has 2 rings (SSSR count). The number of benzene rings is 2. The summed E-state index contributed by atoms with van der Waals surface area (Å²) in [7, 11) is 1.68. The van der Waals surface area contributed by atoms with Crippen LogP contribution >= 0.6 is 0 Å². The van der Waals surface area contributed by atoms with Crippen LogP contribution in [0.15, 0.2) is 46.6 Å². The van der Waals surface area contributed by atoms with E-state index in [2.05, 4.69) is 47.5 Å². The van der Waals surface area contributed by atoms with E-state index >= 15 is 0 Å². The van der Waals surface area contributed by atoms with Crippen molar-refractivity contribution in [1.82, 2.24) is 0 Å². The Hall–Kier alpha value is -1.70. The van der Waals surface area contributed by atoms with Gasteiger partial charge in [-0.05, 0) is 35.4 Å². The quantitative estimate of drug-likeness (QED) is 0.601. The predicted octanol–water partition coefficient (Wildman–Crippen LogP) is 3.86. The fourth-order valence-electron chi connectivity index (χ4n) is 1.59. The van der Waals surface area contributed by atoms with Crippen molar-refractivity contribution in [3.63, 3.8) is 0 Å². The maximum atomic E-state index is 4.02. The zero-order valence-electron chi connectivity index (χ0n) is 8.36. The van der Waals surface area contributed by atoms with Crippen LogP contribution in [0.1, 0.15) is 5.56 Å². The Morgan fingerprint density at radius 3 is 2.71 bits per heavy atom. The molecule has 0 atom stereocenters. The van der Waals surface area contributed by atoms with Gasteiger partial charge >= 0.3 is 0 Å². The third-order valence-electron chi connectivity index (χ3n) is 2.30. The monoisotopic (exact) mass is 184 g/mol. The number of azo groups is 1. The second-order valence-electron chi connectivity index (χ2n) is 3.28. The molecule has 0 saturated carbocycles. The van der Waals surface area contributed by atoms with E-state index in [1.165, 1.54) is 16.3 Å². The number of rotatable bonds is 1.